The lowest BCUT2D eigenvalue weighted by atomic mass is 10.0. The summed E-state index contributed by atoms with van der Waals surface area (Å²) in [4.78, 5) is 15.7. The Hall–Kier alpha value is -2.08. The van der Waals surface area contributed by atoms with Crippen LogP contribution in [0.2, 0.25) is 0 Å². The highest BCUT2D eigenvalue weighted by Crippen LogP contribution is 2.47. The summed E-state index contributed by atoms with van der Waals surface area (Å²) in [5.41, 5.74) is 3.25. The number of hydrogen-bond acceptors (Lipinski definition) is 4. The van der Waals surface area contributed by atoms with Gasteiger partial charge in [0.05, 0.1) is 22.0 Å². The third-order valence-corrected chi connectivity index (χ3v) is 5.36. The molecule has 1 aliphatic rings. The Morgan fingerprint density at radius 2 is 1.91 bits per heavy atom. The summed E-state index contributed by atoms with van der Waals surface area (Å²) in [5.74, 6) is 0.413. The van der Waals surface area contributed by atoms with Crippen molar-refractivity contribution in [2.75, 3.05) is 0 Å². The fourth-order valence-electron chi connectivity index (χ4n) is 2.78. The number of thioether (sulfide) groups is 1. The van der Waals surface area contributed by atoms with Crippen molar-refractivity contribution >= 4 is 28.6 Å². The molecule has 6 heteroatoms. The molecule has 5 nitrogen and oxygen atoms in total. The first kappa shape index (κ1) is 15.8. The molecule has 0 spiro atoms. The topological polar surface area (TPSA) is 67.5 Å². The minimum Gasteiger partial charge on any atom is -0.478 e. The number of carboxylic acids is 1. The smallest absolute Gasteiger partial charge is 0.335 e. The van der Waals surface area contributed by atoms with Crippen molar-refractivity contribution in [3.63, 3.8) is 0 Å². The van der Waals surface area contributed by atoms with E-state index in [2.05, 4.69) is 18.9 Å². The number of aliphatic imine (C=N–C) groups is 1. The van der Waals surface area contributed by atoms with Gasteiger partial charge in [0.1, 0.15) is 0 Å². The van der Waals surface area contributed by atoms with Gasteiger partial charge in [0.15, 0.2) is 5.82 Å². The molecule has 0 saturated heterocycles. The molecule has 1 N–H and O–H groups in total. The first-order valence-corrected chi connectivity index (χ1v) is 8.41. The van der Waals surface area contributed by atoms with E-state index in [0.29, 0.717) is 11.2 Å². The van der Waals surface area contributed by atoms with Crippen molar-refractivity contribution in [3.8, 4) is 5.69 Å². The molecule has 0 radical (unpaired) electrons. The number of hydrogen-bond donors (Lipinski definition) is 1. The lowest BCUT2D eigenvalue weighted by Crippen LogP contribution is -2.10. The molecule has 0 amide bonds. The maximum absolute atomic E-state index is 11.0. The maximum atomic E-state index is 11.0. The van der Waals surface area contributed by atoms with Crippen LogP contribution in [0.5, 0.6) is 0 Å². The van der Waals surface area contributed by atoms with Crippen LogP contribution in [0, 0.1) is 12.8 Å². The Kier molecular flexibility index (Phi) is 4.02. The monoisotopic (exact) mass is 329 g/mol. The second-order valence-electron chi connectivity index (χ2n) is 6.00. The fourth-order valence-corrected chi connectivity index (χ4v) is 3.95. The second kappa shape index (κ2) is 5.85. The zero-order valence-corrected chi connectivity index (χ0v) is 14.4. The first-order valence-electron chi connectivity index (χ1n) is 7.53. The number of carboxylic acid groups (broad SMARTS) is 1. The van der Waals surface area contributed by atoms with Crippen LogP contribution >= 0.6 is 11.8 Å². The van der Waals surface area contributed by atoms with Crippen LogP contribution in [0.4, 0.5) is 5.82 Å². The molecular formula is C17H19N3O2S. The molecule has 23 heavy (non-hydrogen) atoms. The van der Waals surface area contributed by atoms with Gasteiger partial charge in [-0.1, -0.05) is 13.8 Å². The van der Waals surface area contributed by atoms with E-state index in [1.165, 1.54) is 5.56 Å². The van der Waals surface area contributed by atoms with Gasteiger partial charge < -0.3 is 5.11 Å². The van der Waals surface area contributed by atoms with E-state index >= 15 is 0 Å². The van der Waals surface area contributed by atoms with Gasteiger partial charge in [-0.3, -0.25) is 0 Å². The summed E-state index contributed by atoms with van der Waals surface area (Å²) in [6.45, 7) is 8.44. The predicted octanol–water partition coefficient (Wildman–Crippen LogP) is 4.37. The molecule has 0 aliphatic carbocycles. The van der Waals surface area contributed by atoms with Crippen molar-refractivity contribution < 1.29 is 9.90 Å². The van der Waals surface area contributed by atoms with Crippen LogP contribution < -0.4 is 0 Å². The molecule has 0 unspecified atom stereocenters. The molecule has 0 bridgehead atoms. The van der Waals surface area contributed by atoms with Crippen LogP contribution in [0.15, 0.2) is 29.3 Å². The third kappa shape index (κ3) is 2.79. The summed E-state index contributed by atoms with van der Waals surface area (Å²) in [5, 5.41) is 15.0. The minimum absolute atomic E-state index is 0.266. The van der Waals surface area contributed by atoms with Gasteiger partial charge >= 0.3 is 5.97 Å². The van der Waals surface area contributed by atoms with Gasteiger partial charge in [0, 0.05) is 10.8 Å². The largest absolute Gasteiger partial charge is 0.478 e. The molecule has 1 aromatic carbocycles. The zero-order valence-electron chi connectivity index (χ0n) is 13.6. The normalized spacial score (nSPS) is 17.1. The van der Waals surface area contributed by atoms with Gasteiger partial charge in [-0.05, 0) is 44.0 Å². The number of rotatable bonds is 3. The third-order valence-electron chi connectivity index (χ3n) is 3.89. The second-order valence-corrected chi connectivity index (χ2v) is 7.33. The van der Waals surface area contributed by atoms with Gasteiger partial charge in [0.2, 0.25) is 0 Å². The SMILES string of the molecule is CC1=Nc2c(c(C)nn2-c2ccc(C(=O)O)cc2)[C@H](C(C)C)S1. The lowest BCUT2D eigenvalue weighted by molar-refractivity contribution is 0.0697. The maximum Gasteiger partial charge on any atom is 0.335 e. The van der Waals surface area contributed by atoms with Crippen LogP contribution in [-0.4, -0.2) is 25.9 Å². The number of benzene rings is 1. The molecule has 1 atom stereocenters. The molecule has 2 heterocycles. The van der Waals surface area contributed by atoms with Gasteiger partial charge in [-0.15, -0.1) is 11.8 Å². The Morgan fingerprint density at radius 3 is 2.48 bits per heavy atom. The highest BCUT2D eigenvalue weighted by Gasteiger charge is 2.30. The number of nitrogens with zero attached hydrogens (tertiary/aromatic N) is 3. The summed E-state index contributed by atoms with van der Waals surface area (Å²) in [6.07, 6.45) is 0. The number of aromatic carboxylic acids is 1. The Labute approximate surface area is 139 Å². The van der Waals surface area contributed by atoms with Gasteiger partial charge in [-0.2, -0.15) is 5.10 Å². The Morgan fingerprint density at radius 1 is 1.26 bits per heavy atom. The molecule has 0 saturated carbocycles. The standard InChI is InChI=1S/C17H19N3O2S/c1-9(2)15-14-10(3)19-20(16(14)18-11(4)23-15)13-7-5-12(6-8-13)17(21)22/h5-9,15H,1-4H3,(H,21,22)/t15-/m0/s1. The van der Waals surface area contributed by atoms with Gasteiger partial charge in [0.25, 0.3) is 0 Å². The number of carbonyl (C=O) groups is 1. The van der Waals surface area contributed by atoms with Crippen LogP contribution in [0.1, 0.15) is 47.6 Å². The Bertz CT molecular complexity index is 791. The van der Waals surface area contributed by atoms with Crippen LogP contribution in [0.3, 0.4) is 0 Å². The van der Waals surface area contributed by atoms with E-state index in [1.807, 2.05) is 18.5 Å². The summed E-state index contributed by atoms with van der Waals surface area (Å²) in [7, 11) is 0. The molecule has 1 aromatic heterocycles. The van der Waals surface area contributed by atoms with Crippen molar-refractivity contribution in [2.45, 2.75) is 32.9 Å². The van der Waals surface area contributed by atoms with E-state index in [0.717, 1.165) is 22.2 Å². The van der Waals surface area contributed by atoms with Crippen molar-refractivity contribution in [2.24, 2.45) is 10.9 Å². The van der Waals surface area contributed by atoms with E-state index in [9.17, 15) is 4.79 Å². The van der Waals surface area contributed by atoms with Crippen LogP contribution in [0.25, 0.3) is 5.69 Å². The predicted molar refractivity (Wildman–Crippen MR) is 93.2 cm³/mol. The van der Waals surface area contributed by atoms with E-state index < -0.39 is 5.97 Å². The molecule has 0 fully saturated rings. The average molecular weight is 329 g/mol. The first-order chi connectivity index (χ1) is 10.9. The fraction of sp³-hybridized carbons (Fsp3) is 0.353. The number of aromatic nitrogens is 2. The highest BCUT2D eigenvalue weighted by molar-refractivity contribution is 8.14. The van der Waals surface area contributed by atoms with E-state index in [1.54, 1.807) is 36.0 Å². The van der Waals surface area contributed by atoms with Crippen molar-refractivity contribution in [3.05, 3.63) is 41.1 Å². The van der Waals surface area contributed by atoms with Crippen molar-refractivity contribution in [1.29, 1.82) is 0 Å². The van der Waals surface area contributed by atoms with E-state index in [4.69, 9.17) is 10.1 Å². The molecule has 120 valence electrons. The molecular weight excluding hydrogens is 310 g/mol. The zero-order chi connectivity index (χ0) is 16.7. The minimum atomic E-state index is -0.930. The highest BCUT2D eigenvalue weighted by atomic mass is 32.2. The number of fused-ring (bicyclic) bond motifs is 1. The van der Waals surface area contributed by atoms with Gasteiger partial charge in [-0.25, -0.2) is 14.5 Å². The summed E-state index contributed by atoms with van der Waals surface area (Å²) in [6, 6.07) is 6.73. The Balaban J connectivity index is 2.12. The lowest BCUT2D eigenvalue weighted by Gasteiger charge is -2.24. The molecule has 2 aromatic rings. The number of aryl methyl sites for hydroxylation is 1. The van der Waals surface area contributed by atoms with E-state index in [-0.39, 0.29) is 5.56 Å². The summed E-state index contributed by atoms with van der Waals surface area (Å²) < 4.78 is 1.81. The average Bonchev–Trinajstić information content (AvgIpc) is 2.83. The molecule has 1 aliphatic heterocycles. The molecule has 3 rings (SSSR count). The van der Waals surface area contributed by atoms with Crippen LogP contribution in [-0.2, 0) is 0 Å². The quantitative estimate of drug-likeness (QED) is 0.908. The van der Waals surface area contributed by atoms with Crippen molar-refractivity contribution in [1.82, 2.24) is 9.78 Å². The summed E-state index contributed by atoms with van der Waals surface area (Å²) >= 11 is 1.79.